The molecule has 1 fully saturated rings. The summed E-state index contributed by atoms with van der Waals surface area (Å²) in [5.74, 6) is 0.909. The summed E-state index contributed by atoms with van der Waals surface area (Å²) in [6, 6.07) is 22.8. The molecule has 5 nitrogen and oxygen atoms in total. The zero-order chi connectivity index (χ0) is 21.1. The summed E-state index contributed by atoms with van der Waals surface area (Å²) in [6.07, 6.45) is 0.217. The number of nitrogens with one attached hydrogen (secondary N) is 1. The van der Waals surface area contributed by atoms with E-state index in [4.69, 9.17) is 4.74 Å². The van der Waals surface area contributed by atoms with Crippen LogP contribution in [-0.2, 0) is 9.59 Å². The van der Waals surface area contributed by atoms with E-state index in [1.165, 1.54) is 5.56 Å². The molecule has 2 amide bonds. The quantitative estimate of drug-likeness (QED) is 0.649. The molecule has 0 aliphatic carbocycles. The van der Waals surface area contributed by atoms with Crippen LogP contribution in [0.1, 0.15) is 17.5 Å². The SMILES string of the molecule is Cc1ccc(Oc2ccc(NC(=O)[C@@H]3CC(=O)N(c4cccc(C)c4)C3)cc2)cc1. The maximum absolute atomic E-state index is 12.7. The van der Waals surface area contributed by atoms with Crippen LogP contribution in [0.4, 0.5) is 11.4 Å². The van der Waals surface area contributed by atoms with Crippen molar-refractivity contribution >= 4 is 23.2 Å². The number of ether oxygens (including phenoxy) is 1. The summed E-state index contributed by atoms with van der Waals surface area (Å²) < 4.78 is 5.82. The molecule has 5 heteroatoms. The average molecular weight is 400 g/mol. The van der Waals surface area contributed by atoms with Gasteiger partial charge in [0.25, 0.3) is 0 Å². The molecule has 0 aromatic heterocycles. The Morgan fingerprint density at radius 1 is 0.933 bits per heavy atom. The molecule has 152 valence electrons. The average Bonchev–Trinajstić information content (AvgIpc) is 3.13. The lowest BCUT2D eigenvalue weighted by Crippen LogP contribution is -2.28. The number of carbonyl (C=O) groups is 2. The number of carbonyl (C=O) groups excluding carboxylic acids is 2. The van der Waals surface area contributed by atoms with Crippen LogP contribution in [0.15, 0.2) is 72.8 Å². The molecule has 0 spiro atoms. The van der Waals surface area contributed by atoms with Crippen molar-refractivity contribution in [3.63, 3.8) is 0 Å². The maximum atomic E-state index is 12.7. The number of benzene rings is 3. The Kier molecular flexibility index (Phi) is 5.53. The number of rotatable bonds is 5. The van der Waals surface area contributed by atoms with Crippen LogP contribution >= 0.6 is 0 Å². The molecule has 0 radical (unpaired) electrons. The fourth-order valence-electron chi connectivity index (χ4n) is 3.52. The van der Waals surface area contributed by atoms with Crippen LogP contribution in [0.2, 0.25) is 0 Å². The van der Waals surface area contributed by atoms with E-state index in [-0.39, 0.29) is 24.2 Å². The second-order valence-electron chi connectivity index (χ2n) is 7.67. The van der Waals surface area contributed by atoms with Gasteiger partial charge in [0.2, 0.25) is 11.8 Å². The van der Waals surface area contributed by atoms with Gasteiger partial charge >= 0.3 is 0 Å². The van der Waals surface area contributed by atoms with Crippen LogP contribution in [0.3, 0.4) is 0 Å². The highest BCUT2D eigenvalue weighted by atomic mass is 16.5. The summed E-state index contributed by atoms with van der Waals surface area (Å²) in [7, 11) is 0. The van der Waals surface area contributed by atoms with E-state index in [9.17, 15) is 9.59 Å². The van der Waals surface area contributed by atoms with Gasteiger partial charge in [-0.3, -0.25) is 9.59 Å². The zero-order valence-electron chi connectivity index (χ0n) is 17.1. The molecular formula is C25H24N2O3. The topological polar surface area (TPSA) is 58.6 Å². The Bertz CT molecular complexity index is 1060. The van der Waals surface area contributed by atoms with Crippen LogP contribution in [0.25, 0.3) is 0 Å². The predicted octanol–water partition coefficient (Wildman–Crippen LogP) is 5.09. The monoisotopic (exact) mass is 400 g/mol. The summed E-state index contributed by atoms with van der Waals surface area (Å²) in [5, 5.41) is 2.91. The molecule has 1 atom stereocenters. The first-order chi connectivity index (χ1) is 14.5. The highest BCUT2D eigenvalue weighted by molar-refractivity contribution is 6.03. The third-order valence-corrected chi connectivity index (χ3v) is 5.19. The van der Waals surface area contributed by atoms with Crippen LogP contribution in [-0.4, -0.2) is 18.4 Å². The lowest BCUT2D eigenvalue weighted by molar-refractivity contribution is -0.122. The van der Waals surface area contributed by atoms with Gasteiger partial charge in [-0.25, -0.2) is 0 Å². The Morgan fingerprint density at radius 3 is 2.27 bits per heavy atom. The van der Waals surface area contributed by atoms with E-state index in [0.29, 0.717) is 18.0 Å². The Hall–Kier alpha value is -3.60. The van der Waals surface area contributed by atoms with E-state index in [2.05, 4.69) is 5.32 Å². The summed E-state index contributed by atoms with van der Waals surface area (Å²) in [4.78, 5) is 26.8. The Morgan fingerprint density at radius 2 is 1.60 bits per heavy atom. The molecule has 0 bridgehead atoms. The first-order valence-corrected chi connectivity index (χ1v) is 10.0. The minimum Gasteiger partial charge on any atom is -0.457 e. The Balaban J connectivity index is 1.37. The first-order valence-electron chi connectivity index (χ1n) is 10.0. The number of nitrogens with zero attached hydrogens (tertiary/aromatic N) is 1. The number of aryl methyl sites for hydroxylation is 2. The normalized spacial score (nSPS) is 15.9. The molecule has 1 saturated heterocycles. The predicted molar refractivity (Wildman–Crippen MR) is 118 cm³/mol. The highest BCUT2D eigenvalue weighted by Gasteiger charge is 2.35. The molecule has 0 unspecified atom stereocenters. The fraction of sp³-hybridized carbons (Fsp3) is 0.200. The zero-order valence-corrected chi connectivity index (χ0v) is 17.1. The number of hydrogen-bond donors (Lipinski definition) is 1. The molecule has 30 heavy (non-hydrogen) atoms. The van der Waals surface area contributed by atoms with Gasteiger partial charge in [-0.2, -0.15) is 0 Å². The van der Waals surface area contributed by atoms with Crippen molar-refractivity contribution in [2.45, 2.75) is 20.3 Å². The van der Waals surface area contributed by atoms with Crippen molar-refractivity contribution in [3.05, 3.63) is 83.9 Å². The molecule has 0 saturated carbocycles. The largest absolute Gasteiger partial charge is 0.457 e. The van der Waals surface area contributed by atoms with E-state index in [1.54, 1.807) is 17.0 Å². The first kappa shape index (κ1) is 19.7. The summed E-state index contributed by atoms with van der Waals surface area (Å²) in [6.45, 7) is 4.41. The molecule has 3 aromatic carbocycles. The molecule has 1 aliphatic rings. The van der Waals surface area contributed by atoms with Crippen LogP contribution < -0.4 is 15.0 Å². The summed E-state index contributed by atoms with van der Waals surface area (Å²) in [5.41, 5.74) is 3.78. The minimum atomic E-state index is -0.374. The molecule has 3 aromatic rings. The van der Waals surface area contributed by atoms with Crippen LogP contribution in [0.5, 0.6) is 11.5 Å². The van der Waals surface area contributed by atoms with Crippen molar-refractivity contribution in [3.8, 4) is 11.5 Å². The van der Waals surface area contributed by atoms with Gasteiger partial charge in [0, 0.05) is 24.3 Å². The molecule has 1 N–H and O–H groups in total. The van der Waals surface area contributed by atoms with E-state index < -0.39 is 0 Å². The maximum Gasteiger partial charge on any atom is 0.229 e. The van der Waals surface area contributed by atoms with Gasteiger partial charge in [0.05, 0.1) is 5.92 Å². The number of anilines is 2. The van der Waals surface area contributed by atoms with Crippen molar-refractivity contribution in [2.24, 2.45) is 5.92 Å². The van der Waals surface area contributed by atoms with Gasteiger partial charge in [0.15, 0.2) is 0 Å². The third kappa shape index (κ3) is 4.51. The standard InChI is InChI=1S/C25H24N2O3/c1-17-6-10-22(11-7-17)30-23-12-8-20(9-13-23)26-25(29)19-15-24(28)27(16-19)21-5-3-4-18(2)14-21/h3-14,19H,15-16H2,1-2H3,(H,26,29)/t19-/m1/s1. The lowest BCUT2D eigenvalue weighted by Gasteiger charge is -2.17. The van der Waals surface area contributed by atoms with Gasteiger partial charge in [-0.15, -0.1) is 0 Å². The Labute approximate surface area is 176 Å². The lowest BCUT2D eigenvalue weighted by atomic mass is 10.1. The second kappa shape index (κ2) is 8.41. The van der Waals surface area contributed by atoms with Crippen molar-refractivity contribution in [1.29, 1.82) is 0 Å². The van der Waals surface area contributed by atoms with E-state index >= 15 is 0 Å². The number of hydrogen-bond acceptors (Lipinski definition) is 3. The van der Waals surface area contributed by atoms with E-state index in [1.807, 2.05) is 74.5 Å². The van der Waals surface area contributed by atoms with Crippen LogP contribution in [0, 0.1) is 19.8 Å². The molecular weight excluding hydrogens is 376 g/mol. The fourth-order valence-corrected chi connectivity index (χ4v) is 3.52. The van der Waals surface area contributed by atoms with Gasteiger partial charge in [0.1, 0.15) is 11.5 Å². The molecule has 4 rings (SSSR count). The minimum absolute atomic E-state index is 0.0254. The van der Waals surface area contributed by atoms with Crippen molar-refractivity contribution < 1.29 is 14.3 Å². The summed E-state index contributed by atoms with van der Waals surface area (Å²) >= 11 is 0. The van der Waals surface area contributed by atoms with E-state index in [0.717, 1.165) is 17.0 Å². The van der Waals surface area contributed by atoms with Crippen molar-refractivity contribution in [1.82, 2.24) is 0 Å². The molecule has 1 heterocycles. The molecule has 1 aliphatic heterocycles. The third-order valence-electron chi connectivity index (χ3n) is 5.19. The van der Waals surface area contributed by atoms with Gasteiger partial charge < -0.3 is 15.0 Å². The van der Waals surface area contributed by atoms with Gasteiger partial charge in [-0.1, -0.05) is 29.8 Å². The van der Waals surface area contributed by atoms with Gasteiger partial charge in [-0.05, 0) is 67.9 Å². The second-order valence-corrected chi connectivity index (χ2v) is 7.67. The smallest absolute Gasteiger partial charge is 0.229 e. The highest BCUT2D eigenvalue weighted by Crippen LogP contribution is 2.27. The number of amides is 2. The van der Waals surface area contributed by atoms with Crippen molar-refractivity contribution in [2.75, 3.05) is 16.8 Å².